The summed E-state index contributed by atoms with van der Waals surface area (Å²) in [4.78, 5) is 97.0. The lowest BCUT2D eigenvalue weighted by Crippen LogP contribution is -2.54. The average molecular weight is 1190 g/mol. The molecule has 2 aromatic heterocycles. The van der Waals surface area contributed by atoms with Crippen LogP contribution >= 0.6 is 0 Å². The van der Waals surface area contributed by atoms with E-state index < -0.39 is 12.1 Å². The Hall–Kier alpha value is -8.66. The SMILES string of the molecule is CC1COCCN1c1nc(OC2CCOC2)nc(-c2ccc(N(C(=O)Nc3ccc(C(=O)N4CCNCC4)cc3)N(C(=O)Nc3ccc(C(=O)N4CCN(C)CC4)cc3)c3ccc(-c4nc(OC5CCOC5)nc(N5CCOCC5C)n4)cc3)cc2)n1. The third-order valence-corrected chi connectivity index (χ3v) is 16.1. The number of aromatic nitrogens is 6. The number of rotatable bonds is 14. The van der Waals surface area contributed by atoms with Crippen molar-refractivity contribution < 1.29 is 47.6 Å². The number of likely N-dealkylation sites (N-methyl/N-ethyl adjacent to an activating group) is 1. The maximum atomic E-state index is 15.5. The van der Waals surface area contributed by atoms with E-state index >= 15 is 9.59 Å². The van der Waals surface area contributed by atoms with Gasteiger partial charge in [0.15, 0.2) is 11.6 Å². The minimum Gasteiger partial charge on any atom is -0.457 e. The van der Waals surface area contributed by atoms with Crippen molar-refractivity contribution in [1.82, 2.24) is 49.9 Å². The largest absolute Gasteiger partial charge is 0.457 e. The quantitative estimate of drug-likeness (QED) is 0.117. The zero-order chi connectivity index (χ0) is 59.8. The van der Waals surface area contributed by atoms with Crippen LogP contribution in [0.2, 0.25) is 0 Å². The second-order valence-corrected chi connectivity index (χ2v) is 22.3. The molecule has 3 N–H and O–H groups in total. The van der Waals surface area contributed by atoms with Crippen LogP contribution in [-0.2, 0) is 18.9 Å². The predicted octanol–water partition coefficient (Wildman–Crippen LogP) is 5.30. The van der Waals surface area contributed by atoms with E-state index in [1.807, 2.05) is 25.8 Å². The number of hydrogen-bond acceptors (Lipinski definition) is 20. The Balaban J connectivity index is 0.923. The van der Waals surface area contributed by atoms with Crippen molar-refractivity contribution in [3.05, 3.63) is 108 Å². The van der Waals surface area contributed by atoms with Gasteiger partial charge in [-0.25, -0.2) is 9.59 Å². The summed E-state index contributed by atoms with van der Waals surface area (Å²) in [6, 6.07) is 25.9. The Labute approximate surface area is 504 Å². The number of carbonyl (C=O) groups excluding carboxylic acids is 4. The van der Waals surface area contributed by atoms with E-state index in [0.29, 0.717) is 175 Å². The Morgan fingerprint density at radius 1 is 0.494 bits per heavy atom. The van der Waals surface area contributed by atoms with Crippen LogP contribution in [0, 0.1) is 0 Å². The van der Waals surface area contributed by atoms with E-state index in [9.17, 15) is 9.59 Å². The molecule has 0 saturated carbocycles. The fourth-order valence-electron chi connectivity index (χ4n) is 11.0. The fourth-order valence-corrected chi connectivity index (χ4v) is 11.0. The highest BCUT2D eigenvalue weighted by atomic mass is 16.6. The van der Waals surface area contributed by atoms with Gasteiger partial charge in [0.2, 0.25) is 11.9 Å². The molecular formula is C61H72N16O10. The molecule has 26 heteroatoms. The molecule has 0 spiro atoms. The minimum absolute atomic E-state index is 0.0269. The van der Waals surface area contributed by atoms with Gasteiger partial charge in [0, 0.05) is 112 Å². The third-order valence-electron chi connectivity index (χ3n) is 16.1. The number of urea groups is 2. The molecule has 0 radical (unpaired) electrons. The molecule has 6 aliphatic rings. The highest BCUT2D eigenvalue weighted by Gasteiger charge is 2.33. The summed E-state index contributed by atoms with van der Waals surface area (Å²) in [5, 5.41) is 11.7. The molecule has 0 bridgehead atoms. The Morgan fingerprint density at radius 3 is 1.31 bits per heavy atom. The monoisotopic (exact) mass is 1190 g/mol. The molecule has 6 saturated heterocycles. The summed E-state index contributed by atoms with van der Waals surface area (Å²) in [6.45, 7) is 14.4. The number of ether oxygens (including phenoxy) is 6. The lowest BCUT2D eigenvalue weighted by molar-refractivity contribution is 0.0663. The highest BCUT2D eigenvalue weighted by molar-refractivity contribution is 6.13. The number of amides is 6. The number of piperazine rings is 2. The van der Waals surface area contributed by atoms with Crippen LogP contribution in [0.15, 0.2) is 97.1 Å². The van der Waals surface area contributed by atoms with Crippen LogP contribution in [0.5, 0.6) is 12.0 Å². The van der Waals surface area contributed by atoms with Crippen molar-refractivity contribution in [2.24, 2.45) is 0 Å². The molecule has 12 rings (SSSR count). The molecule has 0 aliphatic carbocycles. The Bertz CT molecular complexity index is 3360. The number of carbonyl (C=O) groups is 4. The molecule has 6 amide bonds. The van der Waals surface area contributed by atoms with E-state index in [-0.39, 0.29) is 59.5 Å². The van der Waals surface area contributed by atoms with E-state index in [0.717, 1.165) is 13.1 Å². The fraction of sp³-hybridized carbons (Fsp3) is 0.443. The normalized spacial score (nSPS) is 20.9. The van der Waals surface area contributed by atoms with Crippen molar-refractivity contribution >= 4 is 58.5 Å². The van der Waals surface area contributed by atoms with E-state index in [1.165, 1.54) is 10.0 Å². The van der Waals surface area contributed by atoms with Crippen molar-refractivity contribution in [2.45, 2.75) is 51.0 Å². The molecule has 6 fully saturated rings. The number of hydrazine groups is 1. The molecule has 4 aromatic carbocycles. The smallest absolute Gasteiger partial charge is 0.345 e. The van der Waals surface area contributed by atoms with Crippen LogP contribution in [0.4, 0.5) is 44.2 Å². The van der Waals surface area contributed by atoms with E-state index in [1.54, 1.807) is 102 Å². The number of anilines is 6. The standard InChI is InChI=1S/C61H72N16O10/c1-40-36-84-34-30-74(40)56-65-52(67-58(69-56)86-50-20-32-82-38-50)42-8-16-48(17-9-42)76(60(80)63-46-12-4-44(5-13-46)54(78)72-24-22-62-23-25-72)77(61(81)64-47-14-6-45(7-15-47)55(79)73-28-26-71(3)27-29-73)49-18-10-43(11-19-49)53-66-57(75-31-35-85-37-41(75)2)70-59(68-53)87-51-21-33-83-39-51/h4-19,40-41,50-51,62H,20-39H2,1-3H3,(H,63,80)(H,64,81). The molecule has 4 unspecified atom stereocenters. The lowest BCUT2D eigenvalue weighted by Gasteiger charge is -2.35. The van der Waals surface area contributed by atoms with Crippen LogP contribution in [0.1, 0.15) is 47.4 Å². The second-order valence-electron chi connectivity index (χ2n) is 22.3. The molecule has 4 atom stereocenters. The predicted molar refractivity (Wildman–Crippen MR) is 324 cm³/mol. The average Bonchev–Trinajstić information content (AvgIpc) is 2.43. The van der Waals surface area contributed by atoms with Gasteiger partial charge in [-0.15, -0.1) is 0 Å². The van der Waals surface area contributed by atoms with Gasteiger partial charge in [-0.2, -0.15) is 39.9 Å². The van der Waals surface area contributed by atoms with Gasteiger partial charge >= 0.3 is 24.1 Å². The van der Waals surface area contributed by atoms with Gasteiger partial charge in [0.05, 0.1) is 76.3 Å². The van der Waals surface area contributed by atoms with Gasteiger partial charge in [0.25, 0.3) is 11.8 Å². The molecule has 8 heterocycles. The number of nitrogens with one attached hydrogen (secondary N) is 3. The zero-order valence-electron chi connectivity index (χ0n) is 49.1. The minimum atomic E-state index is -0.742. The van der Waals surface area contributed by atoms with Gasteiger partial charge in [-0.3, -0.25) is 9.59 Å². The van der Waals surface area contributed by atoms with Crippen molar-refractivity contribution in [1.29, 1.82) is 0 Å². The Morgan fingerprint density at radius 2 is 0.908 bits per heavy atom. The first-order valence-electron chi connectivity index (χ1n) is 29.8. The molecular weight excluding hydrogens is 1120 g/mol. The van der Waals surface area contributed by atoms with Crippen molar-refractivity contribution in [3.63, 3.8) is 0 Å². The second kappa shape index (κ2) is 26.9. The van der Waals surface area contributed by atoms with Gasteiger partial charge < -0.3 is 68.9 Å². The van der Waals surface area contributed by atoms with Crippen LogP contribution in [0.3, 0.4) is 0 Å². The van der Waals surface area contributed by atoms with Gasteiger partial charge in [-0.1, -0.05) is 0 Å². The van der Waals surface area contributed by atoms with Gasteiger partial charge in [-0.05, 0) is 118 Å². The zero-order valence-corrected chi connectivity index (χ0v) is 49.1. The summed E-state index contributed by atoms with van der Waals surface area (Å²) in [5.41, 5.74) is 3.29. The maximum absolute atomic E-state index is 15.5. The first-order valence-corrected chi connectivity index (χ1v) is 29.8. The number of benzene rings is 4. The number of nitrogens with zero attached hydrogens (tertiary/aromatic N) is 13. The molecule has 456 valence electrons. The van der Waals surface area contributed by atoms with Crippen molar-refractivity contribution in [3.8, 4) is 34.8 Å². The van der Waals surface area contributed by atoms with Crippen LogP contribution in [0.25, 0.3) is 22.8 Å². The van der Waals surface area contributed by atoms with E-state index in [2.05, 4.69) is 30.7 Å². The number of morpholine rings is 2. The highest BCUT2D eigenvalue weighted by Crippen LogP contribution is 2.33. The first kappa shape index (κ1) is 58.7. The maximum Gasteiger partial charge on any atom is 0.345 e. The van der Waals surface area contributed by atoms with Gasteiger partial charge in [0.1, 0.15) is 12.2 Å². The van der Waals surface area contributed by atoms with Crippen LogP contribution in [-0.4, -0.2) is 218 Å². The molecule has 6 aliphatic heterocycles. The summed E-state index contributed by atoms with van der Waals surface area (Å²) in [6.07, 6.45) is 0.895. The summed E-state index contributed by atoms with van der Waals surface area (Å²) >= 11 is 0. The topological polar surface area (TPSA) is 260 Å². The van der Waals surface area contributed by atoms with Crippen molar-refractivity contribution in [2.75, 3.05) is 156 Å². The van der Waals surface area contributed by atoms with E-state index in [4.69, 9.17) is 58.3 Å². The summed E-state index contributed by atoms with van der Waals surface area (Å²) in [7, 11) is 2.03. The number of hydrogen-bond donors (Lipinski definition) is 3. The summed E-state index contributed by atoms with van der Waals surface area (Å²) in [5.74, 6) is 1.26. The van der Waals surface area contributed by atoms with Crippen LogP contribution < -0.4 is 45.2 Å². The summed E-state index contributed by atoms with van der Waals surface area (Å²) < 4.78 is 35.3. The molecule has 6 aromatic rings. The Kier molecular flexibility index (Phi) is 18.2. The molecule has 26 nitrogen and oxygen atoms in total. The lowest BCUT2D eigenvalue weighted by atomic mass is 10.1. The first-order chi connectivity index (χ1) is 42.5. The molecule has 87 heavy (non-hydrogen) atoms. The third kappa shape index (κ3) is 14.0.